The maximum atomic E-state index is 10.7. The predicted octanol–water partition coefficient (Wildman–Crippen LogP) is 1.56. The Bertz CT molecular complexity index is 360. The van der Waals surface area contributed by atoms with Crippen LogP contribution in [0.15, 0.2) is 12.1 Å². The Morgan fingerprint density at radius 3 is 2.77 bits per heavy atom. The molecule has 0 aliphatic heterocycles. The van der Waals surface area contributed by atoms with Gasteiger partial charge in [0.05, 0.1) is 6.10 Å². The molecule has 0 saturated carbocycles. The van der Waals surface area contributed by atoms with Crippen LogP contribution in [0.4, 0.5) is 0 Å². The van der Waals surface area contributed by atoms with Gasteiger partial charge in [0.2, 0.25) is 0 Å². The molecule has 68 valence electrons. The Hall–Kier alpha value is -0.420. The van der Waals surface area contributed by atoms with Crippen molar-refractivity contribution in [1.29, 1.82) is 0 Å². The third-order valence-electron chi connectivity index (χ3n) is 2.42. The molecule has 3 heteroatoms. The minimum absolute atomic E-state index is 0.301. The number of fused-ring (bicyclic) bond motifs is 1. The van der Waals surface area contributed by atoms with E-state index in [-0.39, 0.29) is 6.10 Å². The maximum Gasteiger partial charge on any atom is 0.150 e. The lowest BCUT2D eigenvalue weighted by Crippen LogP contribution is -2.04. The summed E-state index contributed by atoms with van der Waals surface area (Å²) >= 11 is 2.24. The van der Waals surface area contributed by atoms with Gasteiger partial charge < -0.3 is 5.11 Å². The first kappa shape index (κ1) is 9.15. The highest BCUT2D eigenvalue weighted by Crippen LogP contribution is 2.28. The largest absolute Gasteiger partial charge is 0.392 e. The monoisotopic (exact) mass is 288 g/mol. The van der Waals surface area contributed by atoms with Crippen molar-refractivity contribution in [3.05, 3.63) is 32.4 Å². The van der Waals surface area contributed by atoms with Crippen molar-refractivity contribution in [2.75, 3.05) is 0 Å². The molecular weight excluding hydrogens is 279 g/mol. The number of benzene rings is 1. The van der Waals surface area contributed by atoms with E-state index in [1.807, 2.05) is 12.1 Å². The smallest absolute Gasteiger partial charge is 0.150 e. The second-order valence-corrected chi connectivity index (χ2v) is 4.44. The maximum absolute atomic E-state index is 10.7. The number of halogens is 1. The van der Waals surface area contributed by atoms with Gasteiger partial charge in [-0.2, -0.15) is 0 Å². The van der Waals surface area contributed by atoms with Crippen LogP contribution in [0, 0.1) is 3.57 Å². The molecule has 1 atom stereocenters. The Morgan fingerprint density at radius 1 is 1.38 bits per heavy atom. The Balaban J connectivity index is 2.58. The lowest BCUT2D eigenvalue weighted by atomic mass is 10.0. The normalized spacial score (nSPS) is 20.0. The molecule has 1 N–H and O–H groups in total. The average Bonchev–Trinajstić information content (AvgIpc) is 2.48. The Kier molecular flexibility index (Phi) is 2.38. The van der Waals surface area contributed by atoms with Crippen LogP contribution in [0.25, 0.3) is 0 Å². The van der Waals surface area contributed by atoms with Gasteiger partial charge in [-0.15, -0.1) is 0 Å². The third-order valence-corrected chi connectivity index (χ3v) is 3.43. The Labute approximate surface area is 90.1 Å². The molecule has 0 bridgehead atoms. The molecule has 0 fully saturated rings. The molecule has 2 nitrogen and oxygen atoms in total. The lowest BCUT2D eigenvalue weighted by molar-refractivity contribution is 0.112. The van der Waals surface area contributed by atoms with Gasteiger partial charge in [-0.25, -0.2) is 0 Å². The second kappa shape index (κ2) is 3.38. The molecule has 1 aliphatic rings. The summed E-state index contributed by atoms with van der Waals surface area (Å²) in [6.45, 7) is 0. The topological polar surface area (TPSA) is 37.3 Å². The van der Waals surface area contributed by atoms with E-state index in [2.05, 4.69) is 22.6 Å². The van der Waals surface area contributed by atoms with Crippen molar-refractivity contribution >= 4 is 28.9 Å². The van der Waals surface area contributed by atoms with Gasteiger partial charge >= 0.3 is 0 Å². The molecule has 1 aromatic rings. The number of aliphatic hydroxyl groups is 1. The molecule has 1 aliphatic carbocycles. The SMILES string of the molecule is O=Cc1ccc(I)c2c1CC(O)C2. The zero-order valence-electron chi connectivity index (χ0n) is 6.96. The van der Waals surface area contributed by atoms with Gasteiger partial charge in [0, 0.05) is 15.6 Å². The van der Waals surface area contributed by atoms with E-state index in [0.29, 0.717) is 12.8 Å². The fourth-order valence-electron chi connectivity index (χ4n) is 1.80. The second-order valence-electron chi connectivity index (χ2n) is 3.27. The van der Waals surface area contributed by atoms with Gasteiger partial charge in [-0.3, -0.25) is 4.79 Å². The molecule has 0 saturated heterocycles. The average molecular weight is 288 g/mol. The van der Waals surface area contributed by atoms with Crippen LogP contribution in [-0.2, 0) is 12.8 Å². The summed E-state index contributed by atoms with van der Waals surface area (Å²) in [5.74, 6) is 0. The first-order chi connectivity index (χ1) is 6.22. The van der Waals surface area contributed by atoms with E-state index >= 15 is 0 Å². The number of aldehydes is 1. The van der Waals surface area contributed by atoms with Crippen molar-refractivity contribution in [3.8, 4) is 0 Å². The van der Waals surface area contributed by atoms with E-state index < -0.39 is 0 Å². The van der Waals surface area contributed by atoms with Crippen LogP contribution < -0.4 is 0 Å². The van der Waals surface area contributed by atoms with E-state index in [1.165, 1.54) is 0 Å². The minimum atomic E-state index is -0.301. The highest BCUT2D eigenvalue weighted by molar-refractivity contribution is 14.1. The molecular formula is C10H9IO2. The highest BCUT2D eigenvalue weighted by atomic mass is 127. The van der Waals surface area contributed by atoms with Gasteiger partial charge in [0.15, 0.2) is 0 Å². The third kappa shape index (κ3) is 1.50. The number of rotatable bonds is 1. The Morgan fingerprint density at radius 2 is 2.08 bits per heavy atom. The number of hydrogen-bond donors (Lipinski definition) is 1. The number of carbonyl (C=O) groups is 1. The first-order valence-electron chi connectivity index (χ1n) is 4.16. The fraction of sp³-hybridized carbons (Fsp3) is 0.300. The summed E-state index contributed by atoms with van der Waals surface area (Å²) in [7, 11) is 0. The predicted molar refractivity (Wildman–Crippen MR) is 58.0 cm³/mol. The van der Waals surface area contributed by atoms with Crippen LogP contribution in [0.2, 0.25) is 0 Å². The lowest BCUT2D eigenvalue weighted by Gasteiger charge is -2.03. The van der Waals surface area contributed by atoms with Crippen LogP contribution in [0.5, 0.6) is 0 Å². The molecule has 0 spiro atoms. The number of hydrogen-bond acceptors (Lipinski definition) is 2. The van der Waals surface area contributed by atoms with Crippen LogP contribution in [0.3, 0.4) is 0 Å². The summed E-state index contributed by atoms with van der Waals surface area (Å²) in [5, 5.41) is 9.48. The van der Waals surface area contributed by atoms with E-state index in [9.17, 15) is 9.90 Å². The molecule has 0 aromatic heterocycles. The van der Waals surface area contributed by atoms with Crippen molar-refractivity contribution in [2.24, 2.45) is 0 Å². The van der Waals surface area contributed by atoms with Gasteiger partial charge in [-0.05, 0) is 46.2 Å². The molecule has 2 rings (SSSR count). The highest BCUT2D eigenvalue weighted by Gasteiger charge is 2.23. The van der Waals surface area contributed by atoms with Crippen molar-refractivity contribution in [3.63, 3.8) is 0 Å². The van der Waals surface area contributed by atoms with Gasteiger partial charge in [-0.1, -0.05) is 6.07 Å². The standard InChI is InChI=1S/C10H9IO2/c11-10-2-1-6(5-12)8-3-7(13)4-9(8)10/h1-2,5,7,13H,3-4H2. The number of carbonyl (C=O) groups excluding carboxylic acids is 1. The van der Waals surface area contributed by atoms with Crippen molar-refractivity contribution in [2.45, 2.75) is 18.9 Å². The molecule has 1 aromatic carbocycles. The molecule has 1 unspecified atom stereocenters. The summed E-state index contributed by atoms with van der Waals surface area (Å²) in [6, 6.07) is 3.76. The van der Waals surface area contributed by atoms with E-state index in [1.54, 1.807) is 0 Å². The van der Waals surface area contributed by atoms with E-state index in [0.717, 1.165) is 26.5 Å². The quantitative estimate of drug-likeness (QED) is 0.629. The van der Waals surface area contributed by atoms with Crippen LogP contribution in [0.1, 0.15) is 21.5 Å². The number of aliphatic hydroxyl groups excluding tert-OH is 1. The summed E-state index contributed by atoms with van der Waals surface area (Å²) in [4.78, 5) is 10.7. The summed E-state index contributed by atoms with van der Waals surface area (Å²) in [6.07, 6.45) is 1.88. The molecule has 0 amide bonds. The first-order valence-corrected chi connectivity index (χ1v) is 5.23. The zero-order chi connectivity index (χ0) is 9.42. The summed E-state index contributed by atoms with van der Waals surface area (Å²) < 4.78 is 1.15. The zero-order valence-corrected chi connectivity index (χ0v) is 9.11. The van der Waals surface area contributed by atoms with E-state index in [4.69, 9.17) is 0 Å². The van der Waals surface area contributed by atoms with Crippen LogP contribution in [-0.4, -0.2) is 17.5 Å². The molecule has 0 radical (unpaired) electrons. The minimum Gasteiger partial charge on any atom is -0.392 e. The van der Waals surface area contributed by atoms with Crippen LogP contribution >= 0.6 is 22.6 Å². The molecule has 13 heavy (non-hydrogen) atoms. The van der Waals surface area contributed by atoms with Crippen molar-refractivity contribution in [1.82, 2.24) is 0 Å². The van der Waals surface area contributed by atoms with Gasteiger partial charge in [0.1, 0.15) is 6.29 Å². The van der Waals surface area contributed by atoms with Gasteiger partial charge in [0.25, 0.3) is 0 Å². The fourth-order valence-corrected chi connectivity index (χ4v) is 2.52. The summed E-state index contributed by atoms with van der Waals surface area (Å²) in [5.41, 5.74) is 2.92. The molecule has 0 heterocycles. The van der Waals surface area contributed by atoms with Crippen molar-refractivity contribution < 1.29 is 9.90 Å².